The van der Waals surface area contributed by atoms with E-state index >= 15 is 0 Å². The number of aromatic nitrogens is 2. The number of rotatable bonds is 4. The van der Waals surface area contributed by atoms with Crippen molar-refractivity contribution >= 4 is 49.5 Å². The van der Waals surface area contributed by atoms with E-state index < -0.39 is 16.0 Å². The van der Waals surface area contributed by atoms with Gasteiger partial charge in [0.25, 0.3) is 10.0 Å². The van der Waals surface area contributed by atoms with Crippen LogP contribution in [0.25, 0.3) is 0 Å². The predicted molar refractivity (Wildman–Crippen MR) is 79.0 cm³/mol. The van der Waals surface area contributed by atoms with Crippen LogP contribution in [0, 0.1) is 0 Å². The third-order valence-corrected chi connectivity index (χ3v) is 4.85. The van der Waals surface area contributed by atoms with Gasteiger partial charge in [-0.2, -0.15) is 0 Å². The molecule has 0 saturated carbocycles. The SMILES string of the molecule is O=C(O)c1ccc(Br)c(S(=O)(=O)Nc2nccc(Cl)n2)c1. The molecular formula is C11H7BrClN3O4S. The lowest BCUT2D eigenvalue weighted by Crippen LogP contribution is -2.16. The lowest BCUT2D eigenvalue weighted by molar-refractivity contribution is 0.0696. The first-order chi connectivity index (χ1) is 9.79. The molecule has 0 amide bonds. The van der Waals surface area contributed by atoms with Gasteiger partial charge in [-0.15, -0.1) is 0 Å². The van der Waals surface area contributed by atoms with E-state index in [0.717, 1.165) is 6.07 Å². The Morgan fingerprint density at radius 3 is 2.67 bits per heavy atom. The largest absolute Gasteiger partial charge is 0.478 e. The van der Waals surface area contributed by atoms with Crippen LogP contribution in [0.3, 0.4) is 0 Å². The average molecular weight is 393 g/mol. The predicted octanol–water partition coefficient (Wildman–Crippen LogP) is 2.39. The molecule has 0 aliphatic carbocycles. The van der Waals surface area contributed by atoms with Crippen molar-refractivity contribution in [2.24, 2.45) is 0 Å². The first kappa shape index (κ1) is 15.7. The van der Waals surface area contributed by atoms with Gasteiger partial charge in [0.2, 0.25) is 5.95 Å². The number of benzene rings is 1. The van der Waals surface area contributed by atoms with Gasteiger partial charge in [-0.3, -0.25) is 0 Å². The van der Waals surface area contributed by atoms with Gasteiger partial charge < -0.3 is 5.11 Å². The number of carboxylic acids is 1. The van der Waals surface area contributed by atoms with E-state index in [9.17, 15) is 13.2 Å². The Bertz CT molecular complexity index is 813. The van der Waals surface area contributed by atoms with E-state index in [1.54, 1.807) is 0 Å². The molecule has 0 spiro atoms. The van der Waals surface area contributed by atoms with Crippen molar-refractivity contribution < 1.29 is 18.3 Å². The minimum Gasteiger partial charge on any atom is -0.478 e. The van der Waals surface area contributed by atoms with Crippen molar-refractivity contribution in [1.29, 1.82) is 0 Å². The standard InChI is InChI=1S/C11H7BrClN3O4S/c12-7-2-1-6(10(17)18)5-8(7)21(19,20)16-11-14-4-3-9(13)15-11/h1-5H,(H,17,18)(H,14,15,16). The zero-order valence-corrected chi connectivity index (χ0v) is 13.3. The molecule has 2 aromatic rings. The first-order valence-electron chi connectivity index (χ1n) is 5.34. The van der Waals surface area contributed by atoms with Gasteiger partial charge in [0.1, 0.15) is 10.0 Å². The van der Waals surface area contributed by atoms with Crippen LogP contribution in [0.5, 0.6) is 0 Å². The van der Waals surface area contributed by atoms with Crippen LogP contribution in [-0.2, 0) is 10.0 Å². The number of hydrogen-bond acceptors (Lipinski definition) is 5. The number of anilines is 1. The summed E-state index contributed by atoms with van der Waals surface area (Å²) in [7, 11) is -4.06. The van der Waals surface area contributed by atoms with Crippen molar-refractivity contribution in [3.8, 4) is 0 Å². The Balaban J connectivity index is 2.44. The molecule has 0 aliphatic heterocycles. The molecule has 0 atom stereocenters. The van der Waals surface area contributed by atoms with Gasteiger partial charge in [0, 0.05) is 10.7 Å². The van der Waals surface area contributed by atoms with Crippen LogP contribution < -0.4 is 4.72 Å². The van der Waals surface area contributed by atoms with Crippen molar-refractivity contribution in [3.05, 3.63) is 45.7 Å². The highest BCUT2D eigenvalue weighted by molar-refractivity contribution is 9.10. The van der Waals surface area contributed by atoms with Crippen molar-refractivity contribution in [3.63, 3.8) is 0 Å². The Morgan fingerprint density at radius 2 is 2.05 bits per heavy atom. The van der Waals surface area contributed by atoms with E-state index in [2.05, 4.69) is 30.6 Å². The number of carboxylic acid groups (broad SMARTS) is 1. The van der Waals surface area contributed by atoms with Crippen molar-refractivity contribution in [1.82, 2.24) is 9.97 Å². The molecule has 0 bridgehead atoms. The molecule has 0 fully saturated rings. The highest BCUT2D eigenvalue weighted by Gasteiger charge is 2.21. The molecule has 1 aromatic carbocycles. The zero-order chi connectivity index (χ0) is 15.6. The average Bonchev–Trinajstić information content (AvgIpc) is 2.38. The zero-order valence-electron chi connectivity index (χ0n) is 10.1. The van der Waals surface area contributed by atoms with Crippen LogP contribution in [0.4, 0.5) is 5.95 Å². The van der Waals surface area contributed by atoms with E-state index in [1.165, 1.54) is 24.4 Å². The van der Waals surface area contributed by atoms with Crippen molar-refractivity contribution in [2.75, 3.05) is 4.72 Å². The smallest absolute Gasteiger partial charge is 0.335 e. The summed E-state index contributed by atoms with van der Waals surface area (Å²) in [5.74, 6) is -1.45. The molecule has 7 nitrogen and oxygen atoms in total. The summed E-state index contributed by atoms with van der Waals surface area (Å²) in [6.45, 7) is 0. The summed E-state index contributed by atoms with van der Waals surface area (Å²) < 4.78 is 26.8. The number of halogens is 2. The molecule has 0 radical (unpaired) electrons. The maximum absolute atomic E-state index is 12.3. The molecule has 10 heteroatoms. The second-order valence-corrected chi connectivity index (χ2v) is 6.65. The number of sulfonamides is 1. The molecule has 1 heterocycles. The Labute approximate surface area is 133 Å². The topological polar surface area (TPSA) is 109 Å². The third kappa shape index (κ3) is 3.69. The monoisotopic (exact) mass is 391 g/mol. The third-order valence-electron chi connectivity index (χ3n) is 2.31. The Morgan fingerprint density at radius 1 is 1.33 bits per heavy atom. The van der Waals surface area contributed by atoms with Crippen LogP contribution in [0.1, 0.15) is 10.4 Å². The number of hydrogen-bond donors (Lipinski definition) is 2. The van der Waals surface area contributed by atoms with Gasteiger partial charge in [-0.05, 0) is 40.2 Å². The van der Waals surface area contributed by atoms with Gasteiger partial charge in [0.05, 0.1) is 5.56 Å². The summed E-state index contributed by atoms with van der Waals surface area (Å²) in [5, 5.41) is 8.99. The minimum atomic E-state index is -4.06. The maximum Gasteiger partial charge on any atom is 0.335 e. The number of nitrogens with one attached hydrogen (secondary N) is 1. The Hall–Kier alpha value is -1.71. The molecule has 0 unspecified atom stereocenters. The fourth-order valence-electron chi connectivity index (χ4n) is 1.40. The lowest BCUT2D eigenvalue weighted by Gasteiger charge is -2.09. The lowest BCUT2D eigenvalue weighted by atomic mass is 10.2. The fourth-order valence-corrected chi connectivity index (χ4v) is 3.48. The summed E-state index contributed by atoms with van der Waals surface area (Å²) in [4.78, 5) is 18.1. The Kier molecular flexibility index (Phi) is 4.45. The molecule has 0 saturated heterocycles. The van der Waals surface area contributed by atoms with Crippen LogP contribution in [0.2, 0.25) is 5.15 Å². The van der Waals surface area contributed by atoms with Gasteiger partial charge in [0.15, 0.2) is 0 Å². The molecule has 2 N–H and O–H groups in total. The van der Waals surface area contributed by atoms with Crippen LogP contribution >= 0.6 is 27.5 Å². The molecule has 110 valence electrons. The molecule has 0 aliphatic rings. The maximum atomic E-state index is 12.3. The summed E-state index contributed by atoms with van der Waals surface area (Å²) in [6, 6.07) is 5.03. The van der Waals surface area contributed by atoms with Gasteiger partial charge in [-0.25, -0.2) is 27.9 Å². The van der Waals surface area contributed by atoms with E-state index in [4.69, 9.17) is 16.7 Å². The normalized spacial score (nSPS) is 11.1. The summed E-state index contributed by atoms with van der Waals surface area (Å²) in [6.07, 6.45) is 1.29. The van der Waals surface area contributed by atoms with Crippen molar-refractivity contribution in [2.45, 2.75) is 4.90 Å². The quantitative estimate of drug-likeness (QED) is 0.773. The highest BCUT2D eigenvalue weighted by Crippen LogP contribution is 2.25. The number of aromatic carboxylic acids is 1. The number of carbonyl (C=O) groups is 1. The van der Waals surface area contributed by atoms with E-state index in [1.807, 2.05) is 0 Å². The molecule has 1 aromatic heterocycles. The second kappa shape index (κ2) is 5.96. The first-order valence-corrected chi connectivity index (χ1v) is 7.99. The van der Waals surface area contributed by atoms with E-state index in [0.29, 0.717) is 0 Å². The summed E-state index contributed by atoms with van der Waals surface area (Å²) >= 11 is 8.71. The highest BCUT2D eigenvalue weighted by atomic mass is 79.9. The second-order valence-electron chi connectivity index (χ2n) is 3.76. The van der Waals surface area contributed by atoms with Crippen LogP contribution in [0.15, 0.2) is 39.8 Å². The van der Waals surface area contributed by atoms with Gasteiger partial charge in [-0.1, -0.05) is 11.6 Å². The number of nitrogens with zero attached hydrogens (tertiary/aromatic N) is 2. The molecular weight excluding hydrogens is 386 g/mol. The van der Waals surface area contributed by atoms with Crippen LogP contribution in [-0.4, -0.2) is 29.5 Å². The minimum absolute atomic E-state index is 0.0704. The van der Waals surface area contributed by atoms with Gasteiger partial charge >= 0.3 is 5.97 Å². The molecule has 2 rings (SSSR count). The fraction of sp³-hybridized carbons (Fsp3) is 0. The molecule has 21 heavy (non-hydrogen) atoms. The van der Waals surface area contributed by atoms with E-state index in [-0.39, 0.29) is 26.0 Å². The summed E-state index contributed by atoms with van der Waals surface area (Å²) in [5.41, 5.74) is -0.161.